The molecule has 1 aromatic rings. The summed E-state index contributed by atoms with van der Waals surface area (Å²) in [5.74, 6) is -0.739. The highest BCUT2D eigenvalue weighted by atomic mass is 79.9. The van der Waals surface area contributed by atoms with Crippen molar-refractivity contribution in [1.29, 1.82) is 0 Å². The van der Waals surface area contributed by atoms with Crippen LogP contribution < -0.4 is 5.73 Å². The molecule has 2 rings (SSSR count). The number of nitrogens with two attached hydrogens (primary N) is 1. The number of alkyl halides is 2. The molecule has 0 bridgehead atoms. The summed E-state index contributed by atoms with van der Waals surface area (Å²) >= 11 is 3.13. The highest BCUT2D eigenvalue weighted by Gasteiger charge is 2.46. The van der Waals surface area contributed by atoms with Crippen molar-refractivity contribution in [3.05, 3.63) is 34.1 Å². The zero-order valence-electron chi connectivity index (χ0n) is 9.17. The first-order chi connectivity index (χ1) is 8.45. The van der Waals surface area contributed by atoms with Crippen LogP contribution in [0.3, 0.4) is 0 Å². The van der Waals surface area contributed by atoms with Crippen LogP contribution in [-0.4, -0.2) is 19.1 Å². The fourth-order valence-electron chi connectivity index (χ4n) is 1.90. The Morgan fingerprint density at radius 2 is 2.17 bits per heavy atom. The molecule has 0 spiro atoms. The number of nitrogens with zero attached hydrogens (tertiary/aromatic N) is 1. The quantitative estimate of drug-likeness (QED) is 0.910. The predicted octanol–water partition coefficient (Wildman–Crippen LogP) is 2.78. The Labute approximate surface area is 110 Å². The number of hydrogen-bond donors (Lipinski definition) is 1. The number of amidine groups is 1. The summed E-state index contributed by atoms with van der Waals surface area (Å²) in [4.78, 5) is 3.65. The lowest BCUT2D eigenvalue weighted by atomic mass is 9.87. The number of aliphatic imine (C=N–C) groups is 1. The fraction of sp³-hybridized carbons (Fsp3) is 0.364. The Balaban J connectivity index is 2.61. The maximum Gasteiger partial charge on any atom is 0.283 e. The standard InChI is InChI=1S/C11H10BrF3N2O/c12-6-1-2-8(13)7(5-6)11(9(14)15)3-4-18-10(16)17-11/h1-2,5,9H,3-4H2,(H2,16,17). The number of halogens is 4. The normalized spacial score (nSPS) is 23.7. The molecule has 0 saturated heterocycles. The molecule has 2 N–H and O–H groups in total. The lowest BCUT2D eigenvalue weighted by molar-refractivity contribution is 0.0246. The number of rotatable bonds is 2. The summed E-state index contributed by atoms with van der Waals surface area (Å²) in [6.07, 6.45) is -3.00. The largest absolute Gasteiger partial charge is 0.465 e. The Morgan fingerprint density at radius 1 is 1.44 bits per heavy atom. The second kappa shape index (κ2) is 4.79. The Bertz CT molecular complexity index is 495. The van der Waals surface area contributed by atoms with Gasteiger partial charge in [0.05, 0.1) is 6.61 Å². The van der Waals surface area contributed by atoms with E-state index in [0.29, 0.717) is 4.47 Å². The average Bonchev–Trinajstić information content (AvgIpc) is 2.32. The molecule has 1 aromatic carbocycles. The van der Waals surface area contributed by atoms with E-state index < -0.39 is 17.8 Å². The molecule has 7 heteroatoms. The van der Waals surface area contributed by atoms with E-state index in [9.17, 15) is 13.2 Å². The van der Waals surface area contributed by atoms with Crippen LogP contribution in [0.2, 0.25) is 0 Å². The van der Waals surface area contributed by atoms with E-state index in [1.807, 2.05) is 0 Å². The van der Waals surface area contributed by atoms with E-state index in [4.69, 9.17) is 10.5 Å². The highest BCUT2D eigenvalue weighted by Crippen LogP contribution is 2.40. The molecule has 0 aromatic heterocycles. The minimum absolute atomic E-state index is 0.0222. The zero-order valence-corrected chi connectivity index (χ0v) is 10.8. The van der Waals surface area contributed by atoms with Crippen molar-refractivity contribution < 1.29 is 17.9 Å². The maximum absolute atomic E-state index is 13.8. The predicted molar refractivity (Wildman–Crippen MR) is 64.0 cm³/mol. The molecule has 1 heterocycles. The van der Waals surface area contributed by atoms with Gasteiger partial charge in [0.1, 0.15) is 5.82 Å². The molecule has 0 saturated carbocycles. The first-order valence-electron chi connectivity index (χ1n) is 5.17. The highest BCUT2D eigenvalue weighted by molar-refractivity contribution is 9.10. The smallest absolute Gasteiger partial charge is 0.283 e. The molecule has 0 amide bonds. The molecular weight excluding hydrogens is 313 g/mol. The maximum atomic E-state index is 13.8. The van der Waals surface area contributed by atoms with Gasteiger partial charge in [-0.25, -0.2) is 18.2 Å². The van der Waals surface area contributed by atoms with Crippen molar-refractivity contribution in [3.63, 3.8) is 0 Å². The van der Waals surface area contributed by atoms with Crippen molar-refractivity contribution >= 4 is 22.0 Å². The molecule has 0 radical (unpaired) electrons. The van der Waals surface area contributed by atoms with Gasteiger partial charge in [0.2, 0.25) is 0 Å². The SMILES string of the molecule is NC1=NC(c2cc(Br)ccc2F)(C(F)F)CCO1. The van der Waals surface area contributed by atoms with Crippen molar-refractivity contribution in [2.75, 3.05) is 6.61 Å². The average molecular weight is 323 g/mol. The van der Waals surface area contributed by atoms with E-state index in [1.165, 1.54) is 12.1 Å². The van der Waals surface area contributed by atoms with Crippen LogP contribution in [-0.2, 0) is 10.3 Å². The van der Waals surface area contributed by atoms with Gasteiger partial charge in [-0.2, -0.15) is 0 Å². The number of ether oxygens (including phenoxy) is 1. The van der Waals surface area contributed by atoms with E-state index in [-0.39, 0.29) is 24.6 Å². The molecule has 1 aliphatic rings. The zero-order chi connectivity index (χ0) is 13.3. The van der Waals surface area contributed by atoms with Crippen LogP contribution in [0.4, 0.5) is 13.2 Å². The summed E-state index contributed by atoms with van der Waals surface area (Å²) in [6.45, 7) is -0.0222. The number of benzene rings is 1. The fourth-order valence-corrected chi connectivity index (χ4v) is 2.26. The Morgan fingerprint density at radius 3 is 2.78 bits per heavy atom. The van der Waals surface area contributed by atoms with Gasteiger partial charge >= 0.3 is 0 Å². The van der Waals surface area contributed by atoms with Crippen molar-refractivity contribution in [1.82, 2.24) is 0 Å². The monoisotopic (exact) mass is 322 g/mol. The van der Waals surface area contributed by atoms with Crippen molar-refractivity contribution in [2.24, 2.45) is 10.7 Å². The van der Waals surface area contributed by atoms with E-state index in [1.54, 1.807) is 0 Å². The second-order valence-corrected chi connectivity index (χ2v) is 4.81. The van der Waals surface area contributed by atoms with Gasteiger partial charge in [0.25, 0.3) is 12.4 Å². The summed E-state index contributed by atoms with van der Waals surface area (Å²) in [6, 6.07) is 3.50. The minimum Gasteiger partial charge on any atom is -0.465 e. The summed E-state index contributed by atoms with van der Waals surface area (Å²) in [7, 11) is 0. The van der Waals surface area contributed by atoms with Crippen LogP contribution in [0.25, 0.3) is 0 Å². The van der Waals surface area contributed by atoms with Crippen LogP contribution in [0.5, 0.6) is 0 Å². The van der Waals surface area contributed by atoms with Crippen LogP contribution in [0, 0.1) is 5.82 Å². The molecule has 1 aliphatic heterocycles. The Kier molecular flexibility index (Phi) is 3.52. The molecule has 18 heavy (non-hydrogen) atoms. The van der Waals surface area contributed by atoms with Crippen molar-refractivity contribution in [3.8, 4) is 0 Å². The Hall–Kier alpha value is -1.24. The summed E-state index contributed by atoms with van der Waals surface area (Å²) in [5, 5.41) is 0. The first-order valence-corrected chi connectivity index (χ1v) is 5.97. The molecular formula is C11H10BrF3N2O. The van der Waals surface area contributed by atoms with E-state index in [2.05, 4.69) is 20.9 Å². The molecule has 98 valence electrons. The van der Waals surface area contributed by atoms with Crippen LogP contribution in [0.1, 0.15) is 12.0 Å². The van der Waals surface area contributed by atoms with E-state index in [0.717, 1.165) is 6.07 Å². The molecule has 0 fully saturated rings. The lowest BCUT2D eigenvalue weighted by Gasteiger charge is -2.33. The third kappa shape index (κ3) is 2.19. The summed E-state index contributed by atoms with van der Waals surface area (Å²) < 4.78 is 45.8. The van der Waals surface area contributed by atoms with Gasteiger partial charge in [-0.1, -0.05) is 15.9 Å². The third-order valence-corrected chi connectivity index (χ3v) is 3.29. The molecule has 1 atom stereocenters. The van der Waals surface area contributed by atoms with Gasteiger partial charge in [0.15, 0.2) is 5.54 Å². The second-order valence-electron chi connectivity index (χ2n) is 3.90. The van der Waals surface area contributed by atoms with Crippen molar-refractivity contribution in [2.45, 2.75) is 18.4 Å². The minimum atomic E-state index is -2.87. The molecule has 3 nitrogen and oxygen atoms in total. The van der Waals surface area contributed by atoms with Gasteiger partial charge in [0, 0.05) is 16.5 Å². The van der Waals surface area contributed by atoms with E-state index >= 15 is 0 Å². The molecule has 0 aliphatic carbocycles. The van der Waals surface area contributed by atoms with Crippen LogP contribution >= 0.6 is 15.9 Å². The first kappa shape index (κ1) is 13.2. The van der Waals surface area contributed by atoms with Gasteiger partial charge < -0.3 is 10.5 Å². The van der Waals surface area contributed by atoms with Gasteiger partial charge in [-0.3, -0.25) is 0 Å². The van der Waals surface area contributed by atoms with Gasteiger partial charge in [-0.15, -0.1) is 0 Å². The lowest BCUT2D eigenvalue weighted by Crippen LogP contribution is -2.41. The summed E-state index contributed by atoms with van der Waals surface area (Å²) in [5.41, 5.74) is 3.18. The molecule has 1 unspecified atom stereocenters. The number of hydrogen-bond acceptors (Lipinski definition) is 3. The van der Waals surface area contributed by atoms with Gasteiger partial charge in [-0.05, 0) is 18.2 Å². The topological polar surface area (TPSA) is 47.6 Å². The van der Waals surface area contributed by atoms with Crippen LogP contribution in [0.15, 0.2) is 27.7 Å². The third-order valence-electron chi connectivity index (χ3n) is 2.80.